The van der Waals surface area contributed by atoms with E-state index < -0.39 is 0 Å². The van der Waals surface area contributed by atoms with Crippen molar-refractivity contribution < 1.29 is 0 Å². The molecule has 1 aromatic carbocycles. The number of nitrogens with zero attached hydrogens (tertiary/aromatic N) is 4. The van der Waals surface area contributed by atoms with Gasteiger partial charge in [0.15, 0.2) is 0 Å². The van der Waals surface area contributed by atoms with Crippen LogP contribution in [0.15, 0.2) is 65.0 Å². The van der Waals surface area contributed by atoms with Crippen molar-refractivity contribution in [3.63, 3.8) is 0 Å². The summed E-state index contributed by atoms with van der Waals surface area (Å²) in [6.07, 6.45) is 5.27. The summed E-state index contributed by atoms with van der Waals surface area (Å²) in [7, 11) is 2.06. The molecule has 6 heteroatoms. The van der Waals surface area contributed by atoms with E-state index in [1.54, 1.807) is 17.7 Å². The van der Waals surface area contributed by atoms with Gasteiger partial charge in [-0.3, -0.25) is 4.98 Å². The molecule has 0 radical (unpaired) electrons. The minimum absolute atomic E-state index is 0.768. The molecular weight excluding hydrogens is 396 g/mol. The zero-order valence-electron chi connectivity index (χ0n) is 13.6. The average molecular weight is 411 g/mol. The molecule has 4 nitrogen and oxygen atoms in total. The van der Waals surface area contributed by atoms with Crippen LogP contribution in [0.5, 0.6) is 0 Å². The Morgan fingerprint density at radius 3 is 2.56 bits per heavy atom. The van der Waals surface area contributed by atoms with Gasteiger partial charge in [-0.05, 0) is 35.4 Å². The highest BCUT2D eigenvalue weighted by Crippen LogP contribution is 2.38. The molecule has 0 fully saturated rings. The molecule has 25 heavy (non-hydrogen) atoms. The number of benzene rings is 1. The number of aromatic nitrogens is 3. The van der Waals surface area contributed by atoms with E-state index in [0.717, 1.165) is 27.1 Å². The number of fused-ring (bicyclic) bond motifs is 1. The predicted octanol–water partition coefficient (Wildman–Crippen LogP) is 5.15. The largest absolute Gasteiger partial charge is 0.355 e. The number of hydrogen-bond donors (Lipinski definition) is 0. The van der Waals surface area contributed by atoms with Crippen LogP contribution in [0.1, 0.15) is 5.56 Å². The molecule has 3 aromatic heterocycles. The molecule has 0 aliphatic rings. The van der Waals surface area contributed by atoms with Crippen LogP contribution in [-0.4, -0.2) is 22.0 Å². The number of pyridine rings is 1. The lowest BCUT2D eigenvalue weighted by molar-refractivity contribution is 0.898. The predicted molar refractivity (Wildman–Crippen MR) is 107 cm³/mol. The van der Waals surface area contributed by atoms with Crippen molar-refractivity contribution >= 4 is 43.3 Å². The van der Waals surface area contributed by atoms with Crippen LogP contribution in [0.4, 0.5) is 5.82 Å². The zero-order valence-corrected chi connectivity index (χ0v) is 16.0. The van der Waals surface area contributed by atoms with Gasteiger partial charge in [0.1, 0.15) is 17.0 Å². The van der Waals surface area contributed by atoms with Crippen LogP contribution in [-0.2, 0) is 6.54 Å². The molecule has 0 saturated carbocycles. The maximum atomic E-state index is 4.58. The molecule has 4 rings (SSSR count). The van der Waals surface area contributed by atoms with E-state index in [1.807, 2.05) is 24.5 Å². The van der Waals surface area contributed by atoms with Crippen molar-refractivity contribution in [3.05, 3.63) is 70.5 Å². The van der Waals surface area contributed by atoms with Gasteiger partial charge >= 0.3 is 0 Å². The molecule has 0 spiro atoms. The third kappa shape index (κ3) is 3.27. The van der Waals surface area contributed by atoms with Gasteiger partial charge in [-0.15, -0.1) is 11.3 Å². The summed E-state index contributed by atoms with van der Waals surface area (Å²) in [5.74, 6) is 0.945. The SMILES string of the molecule is CN(Cc1ccncc1)c1ncnc2scc(-c3ccc(Br)cc3)c12. The Hall–Kier alpha value is -2.31. The van der Waals surface area contributed by atoms with Gasteiger partial charge in [0.05, 0.1) is 5.39 Å². The summed E-state index contributed by atoms with van der Waals surface area (Å²) < 4.78 is 1.07. The molecule has 0 N–H and O–H groups in total. The fourth-order valence-electron chi connectivity index (χ4n) is 2.83. The quantitative estimate of drug-likeness (QED) is 0.466. The minimum atomic E-state index is 0.768. The van der Waals surface area contributed by atoms with Gasteiger partial charge < -0.3 is 4.90 Å². The Morgan fingerprint density at radius 2 is 1.80 bits per heavy atom. The van der Waals surface area contributed by atoms with Crippen molar-refractivity contribution in [3.8, 4) is 11.1 Å². The van der Waals surface area contributed by atoms with Crippen LogP contribution in [0, 0.1) is 0 Å². The molecule has 124 valence electrons. The highest BCUT2D eigenvalue weighted by Gasteiger charge is 2.16. The Bertz CT molecular complexity index is 999. The Labute approximate surface area is 158 Å². The number of thiophene rings is 1. The Balaban J connectivity index is 1.78. The molecule has 4 aromatic rings. The minimum Gasteiger partial charge on any atom is -0.355 e. The molecule has 0 atom stereocenters. The monoisotopic (exact) mass is 410 g/mol. The molecular formula is C19H15BrN4S. The first-order valence-corrected chi connectivity index (χ1v) is 9.48. The van der Waals surface area contributed by atoms with Gasteiger partial charge in [-0.25, -0.2) is 9.97 Å². The maximum absolute atomic E-state index is 4.58. The van der Waals surface area contributed by atoms with Gasteiger partial charge in [0.2, 0.25) is 0 Å². The molecule has 0 unspecified atom stereocenters. The number of halogens is 1. The van der Waals surface area contributed by atoms with Gasteiger partial charge in [0, 0.05) is 41.4 Å². The van der Waals surface area contributed by atoms with Crippen LogP contribution < -0.4 is 4.90 Å². The van der Waals surface area contributed by atoms with Crippen LogP contribution in [0.2, 0.25) is 0 Å². The van der Waals surface area contributed by atoms with Gasteiger partial charge in [-0.1, -0.05) is 28.1 Å². The standard InChI is InChI=1S/C19H15BrN4S/c1-24(10-13-6-8-21-9-7-13)18-17-16(11-25-19(17)23-12-22-18)14-2-4-15(20)5-3-14/h2-9,11-12H,10H2,1H3. The Kier molecular flexibility index (Phi) is 4.46. The lowest BCUT2D eigenvalue weighted by atomic mass is 10.1. The van der Waals surface area contributed by atoms with E-state index >= 15 is 0 Å². The summed E-state index contributed by atoms with van der Waals surface area (Å²) >= 11 is 5.15. The van der Waals surface area contributed by atoms with E-state index in [-0.39, 0.29) is 0 Å². The van der Waals surface area contributed by atoms with Gasteiger partial charge in [0.25, 0.3) is 0 Å². The smallest absolute Gasteiger partial charge is 0.141 e. The van der Waals surface area contributed by atoms with Crippen molar-refractivity contribution in [2.75, 3.05) is 11.9 Å². The first kappa shape index (κ1) is 16.2. The van der Waals surface area contributed by atoms with E-state index in [9.17, 15) is 0 Å². The highest BCUT2D eigenvalue weighted by atomic mass is 79.9. The van der Waals surface area contributed by atoms with Gasteiger partial charge in [-0.2, -0.15) is 0 Å². The highest BCUT2D eigenvalue weighted by molar-refractivity contribution is 9.10. The fourth-order valence-corrected chi connectivity index (χ4v) is 4.00. The second kappa shape index (κ2) is 6.90. The second-order valence-corrected chi connectivity index (χ2v) is 7.52. The Morgan fingerprint density at radius 1 is 1.04 bits per heavy atom. The average Bonchev–Trinajstić information content (AvgIpc) is 3.07. The van der Waals surface area contributed by atoms with E-state index in [0.29, 0.717) is 0 Å². The maximum Gasteiger partial charge on any atom is 0.141 e. The third-order valence-corrected chi connectivity index (χ3v) is 5.45. The summed E-state index contributed by atoms with van der Waals surface area (Å²) in [5, 5.41) is 3.26. The van der Waals surface area contributed by atoms with Crippen molar-refractivity contribution in [1.29, 1.82) is 0 Å². The summed E-state index contributed by atoms with van der Waals surface area (Å²) in [5.41, 5.74) is 3.54. The van der Waals surface area contributed by atoms with Crippen LogP contribution >= 0.6 is 27.3 Å². The normalized spacial score (nSPS) is 11.0. The van der Waals surface area contributed by atoms with E-state index in [2.05, 4.69) is 72.5 Å². The van der Waals surface area contributed by atoms with E-state index in [4.69, 9.17) is 0 Å². The second-order valence-electron chi connectivity index (χ2n) is 5.75. The number of anilines is 1. The molecule has 0 aliphatic heterocycles. The van der Waals surface area contributed by atoms with E-state index in [1.165, 1.54) is 16.7 Å². The summed E-state index contributed by atoms with van der Waals surface area (Å²) in [6.45, 7) is 0.768. The van der Waals surface area contributed by atoms with Crippen molar-refractivity contribution in [1.82, 2.24) is 15.0 Å². The molecule has 0 aliphatic carbocycles. The van der Waals surface area contributed by atoms with Crippen LogP contribution in [0.25, 0.3) is 21.3 Å². The third-order valence-electron chi connectivity index (χ3n) is 4.04. The topological polar surface area (TPSA) is 41.9 Å². The number of hydrogen-bond acceptors (Lipinski definition) is 5. The zero-order chi connectivity index (χ0) is 17.2. The van der Waals surface area contributed by atoms with Crippen molar-refractivity contribution in [2.24, 2.45) is 0 Å². The fraction of sp³-hybridized carbons (Fsp3) is 0.105. The first-order chi connectivity index (χ1) is 12.2. The molecule has 0 amide bonds. The molecule has 3 heterocycles. The van der Waals surface area contributed by atoms with Crippen LogP contribution in [0.3, 0.4) is 0 Å². The number of rotatable bonds is 4. The molecule has 0 bridgehead atoms. The lowest BCUT2D eigenvalue weighted by Gasteiger charge is -2.19. The summed E-state index contributed by atoms with van der Waals surface area (Å²) in [6, 6.07) is 12.4. The first-order valence-electron chi connectivity index (χ1n) is 7.80. The summed E-state index contributed by atoms with van der Waals surface area (Å²) in [4.78, 5) is 16.3. The lowest BCUT2D eigenvalue weighted by Crippen LogP contribution is -2.18. The molecule has 0 saturated heterocycles. The van der Waals surface area contributed by atoms with Crippen molar-refractivity contribution in [2.45, 2.75) is 6.54 Å².